The number of hydrogen-bond donors (Lipinski definition) is 3. The average molecular weight is 194 g/mol. The molecule has 4 N–H and O–H groups in total. The zero-order valence-corrected chi connectivity index (χ0v) is 7.70. The molecule has 0 aromatic carbocycles. The molecule has 2 rings (SSSR count). The van der Waals surface area contributed by atoms with E-state index in [1.54, 1.807) is 0 Å². The Bertz CT molecular complexity index is 161. The molecule has 0 spiro atoms. The Balaban J connectivity index is 0.000000720. The van der Waals surface area contributed by atoms with Gasteiger partial charge in [-0.2, -0.15) is 0 Å². The van der Waals surface area contributed by atoms with Crippen LogP contribution in [0.2, 0.25) is 0 Å². The SMILES string of the molecule is Cl.NC[C@H]1C[C@@H]2C[C@H]1[C@@H](O)[C@H]2O. The maximum absolute atomic E-state index is 9.48. The first-order valence-electron chi connectivity index (χ1n) is 4.30. The zero-order chi connectivity index (χ0) is 8.01. The minimum Gasteiger partial charge on any atom is -0.390 e. The maximum atomic E-state index is 9.48. The van der Waals surface area contributed by atoms with Gasteiger partial charge in [-0.3, -0.25) is 0 Å². The van der Waals surface area contributed by atoms with Crippen LogP contribution in [0.5, 0.6) is 0 Å². The molecule has 72 valence electrons. The number of nitrogens with two attached hydrogens (primary N) is 1. The van der Waals surface area contributed by atoms with Gasteiger partial charge in [0.25, 0.3) is 0 Å². The monoisotopic (exact) mass is 193 g/mol. The van der Waals surface area contributed by atoms with Crippen LogP contribution < -0.4 is 5.73 Å². The molecule has 3 nitrogen and oxygen atoms in total. The first-order chi connectivity index (χ1) is 5.24. The van der Waals surface area contributed by atoms with E-state index in [4.69, 9.17) is 5.73 Å². The molecule has 2 aliphatic carbocycles. The molecule has 0 aliphatic heterocycles. The minimum absolute atomic E-state index is 0. The highest BCUT2D eigenvalue weighted by Gasteiger charge is 2.50. The molecule has 4 heteroatoms. The number of rotatable bonds is 1. The van der Waals surface area contributed by atoms with Gasteiger partial charge in [0, 0.05) is 0 Å². The molecule has 2 aliphatic rings. The van der Waals surface area contributed by atoms with Gasteiger partial charge in [-0.1, -0.05) is 0 Å². The third-order valence-electron chi connectivity index (χ3n) is 3.36. The molecule has 2 fully saturated rings. The second kappa shape index (κ2) is 3.50. The fourth-order valence-corrected chi connectivity index (χ4v) is 2.70. The van der Waals surface area contributed by atoms with Gasteiger partial charge < -0.3 is 15.9 Å². The molecular weight excluding hydrogens is 178 g/mol. The van der Waals surface area contributed by atoms with Crippen LogP contribution in [0.4, 0.5) is 0 Å². The van der Waals surface area contributed by atoms with E-state index in [2.05, 4.69) is 0 Å². The Morgan fingerprint density at radius 1 is 1.17 bits per heavy atom. The van der Waals surface area contributed by atoms with Crippen LogP contribution in [0.1, 0.15) is 12.8 Å². The molecular formula is C8H16ClNO2. The van der Waals surface area contributed by atoms with Crippen LogP contribution in [0.15, 0.2) is 0 Å². The summed E-state index contributed by atoms with van der Waals surface area (Å²) in [7, 11) is 0. The third-order valence-corrected chi connectivity index (χ3v) is 3.36. The van der Waals surface area contributed by atoms with Crippen molar-refractivity contribution in [3.8, 4) is 0 Å². The lowest BCUT2D eigenvalue weighted by Gasteiger charge is -2.28. The van der Waals surface area contributed by atoms with Gasteiger partial charge in [0.05, 0.1) is 12.2 Å². The fourth-order valence-electron chi connectivity index (χ4n) is 2.70. The Labute approximate surface area is 78.4 Å². The topological polar surface area (TPSA) is 66.5 Å². The molecule has 0 amide bonds. The van der Waals surface area contributed by atoms with Crippen molar-refractivity contribution in [2.75, 3.05) is 6.54 Å². The summed E-state index contributed by atoms with van der Waals surface area (Å²) in [4.78, 5) is 0. The Morgan fingerprint density at radius 2 is 1.83 bits per heavy atom. The van der Waals surface area contributed by atoms with Crippen LogP contribution in [-0.4, -0.2) is 29.0 Å². The summed E-state index contributed by atoms with van der Waals surface area (Å²) in [5.74, 6) is 1.06. The van der Waals surface area contributed by atoms with Crippen molar-refractivity contribution in [3.63, 3.8) is 0 Å². The van der Waals surface area contributed by atoms with Crippen molar-refractivity contribution in [3.05, 3.63) is 0 Å². The summed E-state index contributed by atoms with van der Waals surface area (Å²) in [6, 6.07) is 0. The lowest BCUT2D eigenvalue weighted by molar-refractivity contribution is -0.0322. The second-order valence-corrected chi connectivity index (χ2v) is 3.87. The average Bonchev–Trinajstić information content (AvgIpc) is 2.53. The van der Waals surface area contributed by atoms with E-state index in [0.717, 1.165) is 12.8 Å². The highest BCUT2D eigenvalue weighted by Crippen LogP contribution is 2.47. The highest BCUT2D eigenvalue weighted by molar-refractivity contribution is 5.85. The van der Waals surface area contributed by atoms with Crippen molar-refractivity contribution in [2.24, 2.45) is 23.5 Å². The van der Waals surface area contributed by atoms with Crippen LogP contribution in [0.25, 0.3) is 0 Å². The van der Waals surface area contributed by atoms with E-state index < -0.39 is 12.2 Å². The van der Waals surface area contributed by atoms with Gasteiger partial charge in [-0.25, -0.2) is 0 Å². The summed E-state index contributed by atoms with van der Waals surface area (Å²) < 4.78 is 0. The Hall–Kier alpha value is 0.170. The van der Waals surface area contributed by atoms with Crippen LogP contribution in [0, 0.1) is 17.8 Å². The normalized spacial score (nSPS) is 50.8. The molecule has 0 radical (unpaired) electrons. The van der Waals surface area contributed by atoms with Crippen molar-refractivity contribution in [1.82, 2.24) is 0 Å². The summed E-state index contributed by atoms with van der Waals surface area (Å²) in [5.41, 5.74) is 5.54. The van der Waals surface area contributed by atoms with E-state index in [0.29, 0.717) is 18.4 Å². The summed E-state index contributed by atoms with van der Waals surface area (Å²) in [6.45, 7) is 0.658. The molecule has 0 aromatic rings. The summed E-state index contributed by atoms with van der Waals surface area (Å²) in [6.07, 6.45) is 1.02. The predicted octanol–water partition coefficient (Wildman–Crippen LogP) is -0.255. The maximum Gasteiger partial charge on any atom is 0.0833 e. The lowest BCUT2D eigenvalue weighted by Crippen LogP contribution is -2.38. The van der Waals surface area contributed by atoms with Crippen molar-refractivity contribution in [2.45, 2.75) is 25.0 Å². The minimum atomic E-state index is -0.498. The van der Waals surface area contributed by atoms with Crippen LogP contribution in [-0.2, 0) is 0 Å². The van der Waals surface area contributed by atoms with Gasteiger partial charge in [-0.15, -0.1) is 12.4 Å². The molecule has 2 saturated carbocycles. The molecule has 12 heavy (non-hydrogen) atoms. The standard InChI is InChI=1S/C8H15NO2.ClH/c9-3-5-1-4-2-6(5)8(11)7(4)10;/h4-8,10-11H,1-3,9H2;1H/t4-,5-,6-,7+,8-;/m1./s1. The third kappa shape index (κ3) is 1.25. The number of hydrogen-bond acceptors (Lipinski definition) is 3. The largest absolute Gasteiger partial charge is 0.390 e. The highest BCUT2D eigenvalue weighted by atomic mass is 35.5. The molecule has 2 bridgehead atoms. The van der Waals surface area contributed by atoms with Crippen LogP contribution in [0.3, 0.4) is 0 Å². The van der Waals surface area contributed by atoms with Crippen molar-refractivity contribution < 1.29 is 10.2 Å². The Kier molecular flexibility index (Phi) is 2.99. The first-order valence-corrected chi connectivity index (χ1v) is 4.30. The summed E-state index contributed by atoms with van der Waals surface area (Å²) >= 11 is 0. The van der Waals surface area contributed by atoms with Crippen LogP contribution >= 0.6 is 12.4 Å². The van der Waals surface area contributed by atoms with Gasteiger partial charge in [0.1, 0.15) is 0 Å². The van der Waals surface area contributed by atoms with E-state index in [1.807, 2.05) is 0 Å². The van der Waals surface area contributed by atoms with Gasteiger partial charge in [0.2, 0.25) is 0 Å². The smallest absolute Gasteiger partial charge is 0.0833 e. The van der Waals surface area contributed by atoms with Gasteiger partial charge >= 0.3 is 0 Å². The van der Waals surface area contributed by atoms with Crippen molar-refractivity contribution >= 4 is 12.4 Å². The van der Waals surface area contributed by atoms with Gasteiger partial charge in [-0.05, 0) is 37.1 Å². The van der Waals surface area contributed by atoms with Gasteiger partial charge in [0.15, 0.2) is 0 Å². The number of aliphatic hydroxyl groups excluding tert-OH is 2. The molecule has 0 unspecified atom stereocenters. The molecule has 0 saturated heterocycles. The number of aliphatic hydroxyl groups is 2. The Morgan fingerprint density at radius 3 is 2.25 bits per heavy atom. The zero-order valence-electron chi connectivity index (χ0n) is 6.89. The van der Waals surface area contributed by atoms with E-state index >= 15 is 0 Å². The lowest BCUT2D eigenvalue weighted by atomic mass is 9.85. The number of halogens is 1. The predicted molar refractivity (Wildman–Crippen MR) is 48.0 cm³/mol. The first kappa shape index (κ1) is 10.3. The quantitative estimate of drug-likeness (QED) is 0.538. The van der Waals surface area contributed by atoms with Crippen molar-refractivity contribution in [1.29, 1.82) is 0 Å². The number of fused-ring (bicyclic) bond motifs is 2. The molecule has 0 aromatic heterocycles. The fraction of sp³-hybridized carbons (Fsp3) is 1.00. The molecule has 0 heterocycles. The second-order valence-electron chi connectivity index (χ2n) is 3.87. The van der Waals surface area contributed by atoms with E-state index in [9.17, 15) is 10.2 Å². The molecule has 5 atom stereocenters. The van der Waals surface area contributed by atoms with E-state index in [-0.39, 0.29) is 18.3 Å². The van der Waals surface area contributed by atoms with E-state index in [1.165, 1.54) is 0 Å². The summed E-state index contributed by atoms with van der Waals surface area (Å²) in [5, 5.41) is 18.9.